The largest absolute Gasteiger partial charge is 0.490 e. The van der Waals surface area contributed by atoms with Crippen LogP contribution in [0.2, 0.25) is 0 Å². The number of fused-ring (bicyclic) bond motifs is 2. The first-order chi connectivity index (χ1) is 14.6. The number of rotatable bonds is 5. The van der Waals surface area contributed by atoms with Crippen molar-refractivity contribution in [2.45, 2.75) is 13.8 Å². The maximum Gasteiger partial charge on any atom is 0.292 e. The number of para-hydroxylation sites is 2. The molecule has 0 aliphatic carbocycles. The van der Waals surface area contributed by atoms with Crippen LogP contribution < -0.4 is 10.1 Å². The van der Waals surface area contributed by atoms with Crippen molar-refractivity contribution in [2.24, 2.45) is 0 Å². The number of aromatic nitrogens is 3. The van der Waals surface area contributed by atoms with Crippen LogP contribution in [0.3, 0.4) is 0 Å². The van der Waals surface area contributed by atoms with Gasteiger partial charge in [0, 0.05) is 11.5 Å². The number of amides is 1. The van der Waals surface area contributed by atoms with Gasteiger partial charge in [0.1, 0.15) is 5.82 Å². The number of benzene rings is 2. The van der Waals surface area contributed by atoms with Gasteiger partial charge in [-0.25, -0.2) is 4.98 Å². The molecule has 8 heteroatoms. The number of ether oxygens (including phenoxy) is 1. The molecule has 30 heavy (non-hydrogen) atoms. The van der Waals surface area contributed by atoms with E-state index in [9.17, 15) is 4.79 Å². The van der Waals surface area contributed by atoms with E-state index < -0.39 is 0 Å². The molecule has 1 amide bonds. The Morgan fingerprint density at radius 2 is 2.07 bits per heavy atom. The minimum absolute atomic E-state index is 0.201. The van der Waals surface area contributed by atoms with Gasteiger partial charge in [-0.05, 0) is 38.1 Å². The van der Waals surface area contributed by atoms with Gasteiger partial charge in [-0.3, -0.25) is 4.79 Å². The van der Waals surface area contributed by atoms with Crippen LogP contribution >= 0.6 is 11.3 Å². The predicted octanol–water partition coefficient (Wildman–Crippen LogP) is 5.19. The molecule has 0 bridgehead atoms. The van der Waals surface area contributed by atoms with Crippen LogP contribution in [-0.4, -0.2) is 27.3 Å². The van der Waals surface area contributed by atoms with E-state index in [1.165, 1.54) is 11.3 Å². The van der Waals surface area contributed by atoms with Gasteiger partial charge in [0.25, 0.3) is 5.91 Å². The maximum atomic E-state index is 12.9. The summed E-state index contributed by atoms with van der Waals surface area (Å²) in [4.78, 5) is 17.5. The van der Waals surface area contributed by atoms with Crippen molar-refractivity contribution >= 4 is 44.2 Å². The Balaban J connectivity index is 1.48. The van der Waals surface area contributed by atoms with Crippen LogP contribution in [0.15, 0.2) is 59.0 Å². The molecule has 0 spiro atoms. The predicted molar refractivity (Wildman–Crippen MR) is 117 cm³/mol. The monoisotopic (exact) mass is 418 g/mol. The van der Waals surface area contributed by atoms with Crippen molar-refractivity contribution in [2.75, 3.05) is 11.9 Å². The molecule has 3 aromatic heterocycles. The average Bonchev–Trinajstić information content (AvgIpc) is 3.44. The van der Waals surface area contributed by atoms with Crippen LogP contribution in [0.5, 0.6) is 5.75 Å². The van der Waals surface area contributed by atoms with E-state index in [-0.39, 0.29) is 11.7 Å². The third kappa shape index (κ3) is 3.21. The molecule has 0 atom stereocenters. The maximum absolute atomic E-state index is 12.9. The standard InChI is InChI=1S/C22H18N4O3S/c1-3-28-16-9-6-7-14-12-17(29-20(14)16)21(27)24-19-11-13(2)25-26(19)22-23-15-8-4-5-10-18(15)30-22/h4-12H,3H2,1-2H3,(H,24,27). The normalized spacial score (nSPS) is 11.3. The number of carbonyl (C=O) groups is 1. The molecule has 2 aromatic carbocycles. The van der Waals surface area contributed by atoms with Crippen molar-refractivity contribution in [3.8, 4) is 10.9 Å². The summed E-state index contributed by atoms with van der Waals surface area (Å²) in [5.41, 5.74) is 2.22. The molecule has 5 aromatic rings. The molecule has 5 rings (SSSR count). The molecule has 0 aliphatic rings. The zero-order valence-corrected chi connectivity index (χ0v) is 17.2. The summed E-state index contributed by atoms with van der Waals surface area (Å²) < 4.78 is 14.1. The fourth-order valence-electron chi connectivity index (χ4n) is 3.28. The van der Waals surface area contributed by atoms with Crippen LogP contribution in [0.1, 0.15) is 23.2 Å². The summed E-state index contributed by atoms with van der Waals surface area (Å²) in [5.74, 6) is 0.981. The number of furan rings is 1. The molecule has 3 heterocycles. The van der Waals surface area contributed by atoms with Gasteiger partial charge in [-0.1, -0.05) is 35.6 Å². The lowest BCUT2D eigenvalue weighted by Crippen LogP contribution is -2.14. The summed E-state index contributed by atoms with van der Waals surface area (Å²) in [5, 5.41) is 8.89. The number of aryl methyl sites for hydroxylation is 1. The van der Waals surface area contributed by atoms with Gasteiger partial charge in [-0.15, -0.1) is 0 Å². The first-order valence-corrected chi connectivity index (χ1v) is 10.3. The summed E-state index contributed by atoms with van der Waals surface area (Å²) in [6.07, 6.45) is 0. The third-order valence-electron chi connectivity index (χ3n) is 4.57. The lowest BCUT2D eigenvalue weighted by molar-refractivity contribution is 0.0998. The minimum Gasteiger partial charge on any atom is -0.490 e. The zero-order valence-electron chi connectivity index (χ0n) is 16.4. The lowest BCUT2D eigenvalue weighted by atomic mass is 10.2. The molecule has 1 N–H and O–H groups in total. The Labute approximate surface area is 175 Å². The number of anilines is 1. The number of thiazole rings is 1. The number of hydrogen-bond acceptors (Lipinski definition) is 6. The number of nitrogens with zero attached hydrogens (tertiary/aromatic N) is 3. The van der Waals surface area contributed by atoms with Crippen molar-refractivity contribution in [1.82, 2.24) is 14.8 Å². The highest BCUT2D eigenvalue weighted by atomic mass is 32.1. The molecule has 0 fully saturated rings. The Kier molecular flexibility index (Phi) is 4.48. The number of hydrogen-bond donors (Lipinski definition) is 1. The molecule has 0 saturated carbocycles. The van der Waals surface area contributed by atoms with Gasteiger partial charge in [0.2, 0.25) is 5.13 Å². The molecule has 0 saturated heterocycles. The van der Waals surface area contributed by atoms with Gasteiger partial charge in [0.15, 0.2) is 17.1 Å². The SMILES string of the molecule is CCOc1cccc2cc(C(=O)Nc3cc(C)nn3-c3nc4ccccc4s3)oc12. The van der Waals surface area contributed by atoms with Crippen LogP contribution in [0.4, 0.5) is 5.82 Å². The fourth-order valence-corrected chi connectivity index (χ4v) is 4.21. The molecule has 0 unspecified atom stereocenters. The van der Waals surface area contributed by atoms with Gasteiger partial charge < -0.3 is 14.5 Å². The third-order valence-corrected chi connectivity index (χ3v) is 5.58. The zero-order chi connectivity index (χ0) is 20.7. The molecular formula is C22H18N4O3S. The molecule has 0 aliphatic heterocycles. The van der Waals surface area contributed by atoms with Crippen LogP contribution in [0.25, 0.3) is 26.3 Å². The van der Waals surface area contributed by atoms with Crippen molar-refractivity contribution in [3.63, 3.8) is 0 Å². The molecule has 0 radical (unpaired) electrons. The first kappa shape index (κ1) is 18.4. The van der Waals surface area contributed by atoms with E-state index in [0.717, 1.165) is 21.3 Å². The highest BCUT2D eigenvalue weighted by Gasteiger charge is 2.19. The Morgan fingerprint density at radius 1 is 1.20 bits per heavy atom. The summed E-state index contributed by atoms with van der Waals surface area (Å²) in [7, 11) is 0. The molecular weight excluding hydrogens is 400 g/mol. The van der Waals surface area contributed by atoms with E-state index >= 15 is 0 Å². The molecule has 7 nitrogen and oxygen atoms in total. The van der Waals surface area contributed by atoms with Gasteiger partial charge >= 0.3 is 0 Å². The lowest BCUT2D eigenvalue weighted by Gasteiger charge is -2.05. The van der Waals surface area contributed by atoms with E-state index in [1.807, 2.05) is 56.3 Å². The van der Waals surface area contributed by atoms with E-state index in [1.54, 1.807) is 16.8 Å². The second kappa shape index (κ2) is 7.31. The Bertz CT molecular complexity index is 1350. The Hall–Kier alpha value is -3.65. The highest BCUT2D eigenvalue weighted by Crippen LogP contribution is 2.30. The minimum atomic E-state index is -0.365. The quantitative estimate of drug-likeness (QED) is 0.425. The van der Waals surface area contributed by atoms with E-state index in [0.29, 0.717) is 28.9 Å². The van der Waals surface area contributed by atoms with Crippen LogP contribution in [-0.2, 0) is 0 Å². The second-order valence-electron chi connectivity index (χ2n) is 6.72. The smallest absolute Gasteiger partial charge is 0.292 e. The summed E-state index contributed by atoms with van der Waals surface area (Å²) in [6.45, 7) is 4.29. The Morgan fingerprint density at radius 3 is 2.90 bits per heavy atom. The number of carbonyl (C=O) groups excluding carboxylic acids is 1. The average molecular weight is 418 g/mol. The summed E-state index contributed by atoms with van der Waals surface area (Å²) in [6, 6.07) is 17.0. The van der Waals surface area contributed by atoms with Gasteiger partial charge in [0.05, 0.1) is 22.5 Å². The summed E-state index contributed by atoms with van der Waals surface area (Å²) >= 11 is 1.51. The van der Waals surface area contributed by atoms with Crippen molar-refractivity contribution in [1.29, 1.82) is 0 Å². The van der Waals surface area contributed by atoms with Crippen molar-refractivity contribution < 1.29 is 13.9 Å². The van der Waals surface area contributed by atoms with E-state index in [4.69, 9.17) is 9.15 Å². The first-order valence-electron chi connectivity index (χ1n) is 9.51. The molecule has 150 valence electrons. The van der Waals surface area contributed by atoms with Crippen molar-refractivity contribution in [3.05, 3.63) is 66.1 Å². The van der Waals surface area contributed by atoms with Crippen LogP contribution in [0, 0.1) is 6.92 Å². The fraction of sp³-hybridized carbons (Fsp3) is 0.136. The number of nitrogens with one attached hydrogen (secondary N) is 1. The second-order valence-corrected chi connectivity index (χ2v) is 7.73. The highest BCUT2D eigenvalue weighted by molar-refractivity contribution is 7.20. The topological polar surface area (TPSA) is 82.2 Å². The van der Waals surface area contributed by atoms with Gasteiger partial charge in [-0.2, -0.15) is 9.78 Å². The van der Waals surface area contributed by atoms with E-state index in [2.05, 4.69) is 15.4 Å².